The summed E-state index contributed by atoms with van der Waals surface area (Å²) in [6, 6.07) is 27.7. The lowest BCUT2D eigenvalue weighted by atomic mass is 9.51. The Kier molecular flexibility index (Phi) is 6.33. The van der Waals surface area contributed by atoms with Gasteiger partial charge in [-0.25, -0.2) is 4.90 Å². The van der Waals surface area contributed by atoms with E-state index in [9.17, 15) is 24.3 Å². The van der Waals surface area contributed by atoms with Crippen molar-refractivity contribution < 1.29 is 24.3 Å². The van der Waals surface area contributed by atoms with E-state index in [2.05, 4.69) is 6.92 Å². The molecular weight excluding hydrogens is 576 g/mol. The van der Waals surface area contributed by atoms with Gasteiger partial charge in [-0.2, -0.15) is 0 Å². The second kappa shape index (κ2) is 10.2. The van der Waals surface area contributed by atoms with Crippen LogP contribution in [-0.4, -0.2) is 28.7 Å². The number of phenols is 1. The van der Waals surface area contributed by atoms with Crippen LogP contribution in [0.1, 0.15) is 43.7 Å². The van der Waals surface area contributed by atoms with Crippen LogP contribution in [0.4, 0.5) is 11.4 Å². The van der Waals surface area contributed by atoms with Gasteiger partial charge in [0.2, 0.25) is 23.6 Å². The lowest BCUT2D eigenvalue weighted by Crippen LogP contribution is -2.49. The molecule has 0 spiro atoms. The van der Waals surface area contributed by atoms with Gasteiger partial charge in [0.05, 0.1) is 34.5 Å². The number of allylic oxidation sites excluding steroid dienone is 2. The molecule has 8 rings (SSSR count). The van der Waals surface area contributed by atoms with Gasteiger partial charge in [0.15, 0.2) is 0 Å². The third-order valence-electron chi connectivity index (χ3n) is 11.1. The zero-order valence-corrected chi connectivity index (χ0v) is 25.7. The maximum absolute atomic E-state index is 14.7. The number of fused-ring (bicyclic) bond motifs is 5. The minimum atomic E-state index is -1.23. The lowest BCUT2D eigenvalue weighted by molar-refractivity contribution is -0.131. The first kappa shape index (κ1) is 28.4. The van der Waals surface area contributed by atoms with E-state index in [0.29, 0.717) is 23.4 Å². The number of nitrogens with zero attached hydrogens (tertiary/aromatic N) is 2. The van der Waals surface area contributed by atoms with Crippen molar-refractivity contribution in [2.75, 3.05) is 9.80 Å². The topological polar surface area (TPSA) is 95.0 Å². The Labute approximate surface area is 267 Å². The van der Waals surface area contributed by atoms with Gasteiger partial charge in [-0.15, -0.1) is 0 Å². The number of hydrogen-bond donors (Lipinski definition) is 1. The van der Waals surface area contributed by atoms with Crippen LogP contribution in [-0.2, 0) is 25.6 Å². The van der Waals surface area contributed by atoms with Crippen molar-refractivity contribution in [3.63, 3.8) is 0 Å². The summed E-state index contributed by atoms with van der Waals surface area (Å²) in [6.45, 7) is 3.90. The van der Waals surface area contributed by atoms with Crippen LogP contribution in [0.5, 0.6) is 5.75 Å². The van der Waals surface area contributed by atoms with Crippen molar-refractivity contribution >= 4 is 45.8 Å². The summed E-state index contributed by atoms with van der Waals surface area (Å²) in [6.07, 6.45) is 3.48. The molecule has 4 aromatic carbocycles. The second-order valence-corrected chi connectivity index (χ2v) is 13.2. The molecule has 0 bridgehead atoms. The van der Waals surface area contributed by atoms with Gasteiger partial charge in [-0.05, 0) is 78.8 Å². The number of carbonyl (C=O) groups excluding carboxylic acids is 4. The van der Waals surface area contributed by atoms with E-state index in [-0.39, 0.29) is 35.8 Å². The number of para-hydroxylation sites is 1. The van der Waals surface area contributed by atoms with E-state index < -0.39 is 35.0 Å². The van der Waals surface area contributed by atoms with Crippen LogP contribution in [0.25, 0.3) is 10.8 Å². The zero-order valence-electron chi connectivity index (χ0n) is 25.7. The van der Waals surface area contributed by atoms with Crippen LogP contribution >= 0.6 is 0 Å². The number of aryl methyl sites for hydroxylation is 1. The number of rotatable bonds is 4. The number of benzene rings is 4. The fourth-order valence-corrected chi connectivity index (χ4v) is 8.87. The van der Waals surface area contributed by atoms with Crippen LogP contribution in [0.2, 0.25) is 0 Å². The highest BCUT2D eigenvalue weighted by Gasteiger charge is 2.68. The fourth-order valence-electron chi connectivity index (χ4n) is 8.87. The smallest absolute Gasteiger partial charge is 0.241 e. The molecule has 2 heterocycles. The molecule has 6 unspecified atom stereocenters. The molecular formula is C39H34N2O5. The van der Waals surface area contributed by atoms with Crippen molar-refractivity contribution in [1.82, 2.24) is 0 Å². The predicted molar refractivity (Wildman–Crippen MR) is 175 cm³/mol. The third-order valence-corrected chi connectivity index (χ3v) is 11.1. The lowest BCUT2D eigenvalue weighted by Gasteiger charge is -2.49. The average molecular weight is 611 g/mol. The molecule has 2 aliphatic carbocycles. The Balaban J connectivity index is 1.31. The molecule has 6 atom stereocenters. The molecule has 230 valence electrons. The number of phenolic OH excluding ortho intramolecular Hbond substituents is 1. The van der Waals surface area contributed by atoms with Crippen LogP contribution in [0.15, 0.2) is 103 Å². The SMILES string of the molecule is CCc1ccc(N2C(=O)C3CC=C4C(CC5C(=O)N(c6ccccc6)C(=O)C5(C)C4c4c(O)ccc5ccccc45)C3C2=O)cc1. The quantitative estimate of drug-likeness (QED) is 0.209. The maximum atomic E-state index is 14.7. The number of amides is 4. The first-order chi connectivity index (χ1) is 22.3. The van der Waals surface area contributed by atoms with E-state index in [0.717, 1.165) is 28.3 Å². The largest absolute Gasteiger partial charge is 0.508 e. The summed E-state index contributed by atoms with van der Waals surface area (Å²) < 4.78 is 0. The Morgan fingerprint density at radius 1 is 0.761 bits per heavy atom. The molecule has 0 aromatic heterocycles. The van der Waals surface area contributed by atoms with Crippen molar-refractivity contribution in [2.45, 2.75) is 39.0 Å². The summed E-state index contributed by atoms with van der Waals surface area (Å²) >= 11 is 0. The third kappa shape index (κ3) is 3.77. The molecule has 1 N–H and O–H groups in total. The monoisotopic (exact) mass is 610 g/mol. The summed E-state index contributed by atoms with van der Waals surface area (Å²) in [5.74, 6) is -4.22. The van der Waals surface area contributed by atoms with Gasteiger partial charge in [0, 0.05) is 11.5 Å². The number of carbonyl (C=O) groups is 4. The molecule has 46 heavy (non-hydrogen) atoms. The molecule has 4 amide bonds. The Morgan fingerprint density at radius 2 is 1.46 bits per heavy atom. The van der Waals surface area contributed by atoms with Gasteiger partial charge in [-0.3, -0.25) is 24.1 Å². The van der Waals surface area contributed by atoms with Crippen molar-refractivity contribution in [3.05, 3.63) is 114 Å². The molecule has 7 heteroatoms. The van der Waals surface area contributed by atoms with Crippen molar-refractivity contribution in [1.29, 1.82) is 0 Å². The molecule has 0 radical (unpaired) electrons. The van der Waals surface area contributed by atoms with Crippen LogP contribution in [0.3, 0.4) is 0 Å². The standard InChI is InChI=1S/C39H34N2O5/c1-3-22-13-16-25(17-14-22)40-35(43)28-19-18-27-29(32(28)37(40)45)21-30-36(44)41(24-10-5-4-6-11-24)38(46)39(30,2)34(27)33-26-12-8-7-9-23(26)15-20-31(33)42/h4-18,20,28-30,32,34,42H,3,19,21H2,1-2H3. The van der Waals surface area contributed by atoms with E-state index in [4.69, 9.17) is 0 Å². The van der Waals surface area contributed by atoms with Gasteiger partial charge in [-0.1, -0.05) is 79.2 Å². The van der Waals surface area contributed by atoms with E-state index in [1.807, 2.05) is 73.7 Å². The molecule has 3 fully saturated rings. The van der Waals surface area contributed by atoms with Crippen LogP contribution < -0.4 is 9.80 Å². The number of imide groups is 2. The average Bonchev–Trinajstić information content (AvgIpc) is 3.45. The molecule has 2 saturated heterocycles. The van der Waals surface area contributed by atoms with E-state index in [1.54, 1.807) is 30.3 Å². The summed E-state index contributed by atoms with van der Waals surface area (Å²) in [5, 5.41) is 13.3. The molecule has 4 aromatic rings. The first-order valence-electron chi connectivity index (χ1n) is 16.1. The van der Waals surface area contributed by atoms with E-state index in [1.165, 1.54) is 9.80 Å². The van der Waals surface area contributed by atoms with Crippen molar-refractivity contribution in [2.24, 2.45) is 29.1 Å². The number of aromatic hydroxyl groups is 1. The molecule has 4 aliphatic rings. The highest BCUT2D eigenvalue weighted by molar-refractivity contribution is 6.25. The molecule has 7 nitrogen and oxygen atoms in total. The summed E-state index contributed by atoms with van der Waals surface area (Å²) in [4.78, 5) is 60.0. The minimum Gasteiger partial charge on any atom is -0.508 e. The van der Waals surface area contributed by atoms with E-state index >= 15 is 0 Å². The Morgan fingerprint density at radius 3 is 2.20 bits per heavy atom. The minimum absolute atomic E-state index is 0.0391. The summed E-state index contributed by atoms with van der Waals surface area (Å²) in [7, 11) is 0. The Bertz CT molecular complexity index is 1980. The van der Waals surface area contributed by atoms with Gasteiger partial charge >= 0.3 is 0 Å². The normalized spacial score (nSPS) is 28.7. The maximum Gasteiger partial charge on any atom is 0.241 e. The predicted octanol–water partition coefficient (Wildman–Crippen LogP) is 6.54. The molecule has 1 saturated carbocycles. The van der Waals surface area contributed by atoms with Gasteiger partial charge in [0.1, 0.15) is 5.75 Å². The van der Waals surface area contributed by atoms with Gasteiger partial charge in [0.25, 0.3) is 0 Å². The zero-order chi connectivity index (χ0) is 31.9. The van der Waals surface area contributed by atoms with Crippen LogP contribution in [0, 0.1) is 29.1 Å². The summed E-state index contributed by atoms with van der Waals surface area (Å²) in [5.41, 5.74) is 2.37. The highest BCUT2D eigenvalue weighted by atomic mass is 16.3. The fraction of sp³-hybridized carbons (Fsp3) is 0.282. The van der Waals surface area contributed by atoms with Gasteiger partial charge < -0.3 is 5.11 Å². The van der Waals surface area contributed by atoms with Crippen molar-refractivity contribution in [3.8, 4) is 5.75 Å². The second-order valence-electron chi connectivity index (χ2n) is 13.2. The molecule has 2 aliphatic heterocycles. The number of hydrogen-bond acceptors (Lipinski definition) is 5. The highest BCUT2D eigenvalue weighted by Crippen LogP contribution is 2.65. The number of anilines is 2. The first-order valence-corrected chi connectivity index (χ1v) is 16.1. The Hall–Kier alpha value is -5.04.